The molecule has 2 unspecified atom stereocenters. The van der Waals surface area contributed by atoms with E-state index in [4.69, 9.17) is 9.72 Å². The van der Waals surface area contributed by atoms with Crippen molar-refractivity contribution in [1.82, 2.24) is 25.1 Å². The third-order valence-corrected chi connectivity index (χ3v) is 10.9. The van der Waals surface area contributed by atoms with Crippen LogP contribution in [0.2, 0.25) is 0 Å². The van der Waals surface area contributed by atoms with Crippen molar-refractivity contribution in [3.8, 4) is 39.4 Å². The Morgan fingerprint density at radius 2 is 1.90 bits per heavy atom. The first-order valence-corrected chi connectivity index (χ1v) is 17.6. The van der Waals surface area contributed by atoms with E-state index in [2.05, 4.69) is 52.2 Å². The fraction of sp³-hybridized carbons (Fsp3) is 0.342. The zero-order valence-electron chi connectivity index (χ0n) is 26.9. The number of halogens is 1. The van der Waals surface area contributed by atoms with Crippen molar-refractivity contribution in [1.29, 1.82) is 0 Å². The Labute approximate surface area is 282 Å². The highest BCUT2D eigenvalue weighted by atomic mass is 32.1. The number of hydrogen-bond donors (Lipinski definition) is 2. The van der Waals surface area contributed by atoms with Crippen molar-refractivity contribution in [2.45, 2.75) is 38.3 Å². The minimum absolute atomic E-state index is 0.0127. The summed E-state index contributed by atoms with van der Waals surface area (Å²) in [5.41, 5.74) is 7.62. The summed E-state index contributed by atoms with van der Waals surface area (Å²) in [5, 5.41) is 9.42. The Balaban J connectivity index is 1.32. The average molecular weight is 664 g/mol. The molecule has 2 atom stereocenters. The van der Waals surface area contributed by atoms with E-state index in [0.717, 1.165) is 83.5 Å². The fourth-order valence-electron chi connectivity index (χ4n) is 7.42. The third kappa shape index (κ3) is 5.93. The van der Waals surface area contributed by atoms with Crippen LogP contribution in [0.25, 0.3) is 43.7 Å². The van der Waals surface area contributed by atoms with Gasteiger partial charge in [-0.15, -0.1) is 11.3 Å². The molecule has 3 aliphatic rings. The van der Waals surface area contributed by atoms with Crippen LogP contribution in [0.5, 0.6) is 5.75 Å². The standard InChI is InChI=1S/C38H38FN5O3S/c1-43-14-10-29(21-43)44-20-27(4-7-34(44)46)37-35(30-6-5-28(39)18-32(30)47-22-23-8-13-41-33(45)16-23)38-31(11-15-48-38)36(42-37)25-2-3-26-19-40-12-9-24(26)17-25/h2-7,11,15,17-18,20,23,29,40H,8-10,12-14,16,19,21-22H2,1H3,(H,41,45). The third-order valence-electron chi connectivity index (χ3n) is 9.98. The number of likely N-dealkylation sites (tertiary alicyclic amines) is 1. The lowest BCUT2D eigenvalue weighted by molar-refractivity contribution is -0.123. The summed E-state index contributed by atoms with van der Waals surface area (Å²) >= 11 is 1.62. The van der Waals surface area contributed by atoms with Crippen molar-refractivity contribution in [3.63, 3.8) is 0 Å². The predicted octanol–water partition coefficient (Wildman–Crippen LogP) is 6.03. The lowest BCUT2D eigenvalue weighted by Gasteiger charge is -2.23. The second-order valence-corrected chi connectivity index (χ2v) is 14.2. The topological polar surface area (TPSA) is 88.5 Å². The molecule has 10 heteroatoms. The van der Waals surface area contributed by atoms with Crippen molar-refractivity contribution >= 4 is 27.3 Å². The number of piperidine rings is 1. The van der Waals surface area contributed by atoms with Gasteiger partial charge >= 0.3 is 0 Å². The van der Waals surface area contributed by atoms with Crippen LogP contribution in [0.3, 0.4) is 0 Å². The summed E-state index contributed by atoms with van der Waals surface area (Å²) in [6.07, 6.45) is 5.00. The van der Waals surface area contributed by atoms with E-state index in [1.54, 1.807) is 23.5 Å². The average Bonchev–Trinajstić information content (AvgIpc) is 3.77. The van der Waals surface area contributed by atoms with Gasteiger partial charge in [0.05, 0.1) is 24.0 Å². The number of benzene rings is 2. The van der Waals surface area contributed by atoms with Gasteiger partial charge < -0.3 is 24.8 Å². The van der Waals surface area contributed by atoms with Crippen molar-refractivity contribution in [3.05, 3.63) is 93.5 Å². The van der Waals surface area contributed by atoms with Gasteiger partial charge in [-0.05, 0) is 86.2 Å². The summed E-state index contributed by atoms with van der Waals surface area (Å²) in [7, 11) is 2.08. The van der Waals surface area contributed by atoms with Crippen LogP contribution < -0.4 is 20.9 Å². The number of likely N-dealkylation sites (N-methyl/N-ethyl adjacent to an activating group) is 1. The molecule has 3 aromatic heterocycles. The minimum atomic E-state index is -0.397. The molecular weight excluding hydrogens is 626 g/mol. The molecule has 0 bridgehead atoms. The molecule has 8 rings (SSSR count). The highest BCUT2D eigenvalue weighted by molar-refractivity contribution is 7.18. The number of ether oxygens (including phenoxy) is 1. The number of carbonyl (C=O) groups excluding carboxylic acids is 1. The van der Waals surface area contributed by atoms with Gasteiger partial charge in [0.1, 0.15) is 11.6 Å². The van der Waals surface area contributed by atoms with Crippen molar-refractivity contribution < 1.29 is 13.9 Å². The summed E-state index contributed by atoms with van der Waals surface area (Å²) in [6.45, 7) is 4.46. The minimum Gasteiger partial charge on any atom is -0.493 e. The molecule has 6 heterocycles. The predicted molar refractivity (Wildman–Crippen MR) is 188 cm³/mol. The number of aromatic nitrogens is 2. The van der Waals surface area contributed by atoms with E-state index in [0.29, 0.717) is 31.0 Å². The Morgan fingerprint density at radius 3 is 2.75 bits per heavy atom. The van der Waals surface area contributed by atoms with Crippen LogP contribution >= 0.6 is 11.3 Å². The van der Waals surface area contributed by atoms with Crippen LogP contribution in [-0.4, -0.2) is 60.2 Å². The van der Waals surface area contributed by atoms with Crippen molar-refractivity contribution in [2.24, 2.45) is 5.92 Å². The van der Waals surface area contributed by atoms with E-state index in [1.165, 1.54) is 23.3 Å². The molecule has 0 saturated carbocycles. The van der Waals surface area contributed by atoms with Crippen LogP contribution in [0.1, 0.15) is 36.4 Å². The van der Waals surface area contributed by atoms with Crippen molar-refractivity contribution in [2.75, 3.05) is 39.8 Å². The number of nitrogens with zero attached hydrogens (tertiary/aromatic N) is 3. The van der Waals surface area contributed by atoms with Crippen LogP contribution in [-0.2, 0) is 17.8 Å². The van der Waals surface area contributed by atoms with Gasteiger partial charge in [0.25, 0.3) is 5.56 Å². The maximum absolute atomic E-state index is 14.9. The van der Waals surface area contributed by atoms with Gasteiger partial charge in [0, 0.05) is 82.6 Å². The summed E-state index contributed by atoms with van der Waals surface area (Å²) in [5.74, 6) is 0.0762. The maximum Gasteiger partial charge on any atom is 0.250 e. The summed E-state index contributed by atoms with van der Waals surface area (Å²) in [4.78, 5) is 33.0. The van der Waals surface area contributed by atoms with Crippen LogP contribution in [0.15, 0.2) is 71.0 Å². The molecular formula is C38H38FN5O3S. The number of hydrogen-bond acceptors (Lipinski definition) is 7. The molecule has 0 radical (unpaired) electrons. The first-order valence-electron chi connectivity index (χ1n) is 16.8. The number of carbonyl (C=O) groups is 1. The molecule has 2 fully saturated rings. The van der Waals surface area contributed by atoms with E-state index in [1.807, 2.05) is 16.8 Å². The smallest absolute Gasteiger partial charge is 0.250 e. The molecule has 5 aromatic rings. The number of rotatable bonds is 7. The number of nitrogens with one attached hydrogen (secondary N) is 2. The highest BCUT2D eigenvalue weighted by Gasteiger charge is 2.27. The first kappa shape index (κ1) is 30.9. The van der Waals surface area contributed by atoms with Gasteiger partial charge in [-0.25, -0.2) is 9.37 Å². The van der Waals surface area contributed by atoms with Gasteiger partial charge in [-0.1, -0.05) is 12.1 Å². The molecule has 2 aromatic carbocycles. The number of amides is 1. The largest absolute Gasteiger partial charge is 0.493 e. The fourth-order valence-corrected chi connectivity index (χ4v) is 8.38. The number of pyridine rings is 2. The van der Waals surface area contributed by atoms with Crippen LogP contribution in [0.4, 0.5) is 4.39 Å². The molecule has 2 saturated heterocycles. The van der Waals surface area contributed by atoms with E-state index >= 15 is 0 Å². The van der Waals surface area contributed by atoms with Gasteiger partial charge in [-0.2, -0.15) is 0 Å². The lowest BCUT2D eigenvalue weighted by atomic mass is 9.93. The maximum atomic E-state index is 14.9. The number of fused-ring (bicyclic) bond motifs is 2. The van der Waals surface area contributed by atoms with Gasteiger partial charge in [-0.3, -0.25) is 9.59 Å². The molecule has 48 heavy (non-hydrogen) atoms. The van der Waals surface area contributed by atoms with E-state index < -0.39 is 5.82 Å². The zero-order chi connectivity index (χ0) is 32.8. The molecule has 1 amide bonds. The van der Waals surface area contributed by atoms with Crippen LogP contribution in [0, 0.1) is 11.7 Å². The van der Waals surface area contributed by atoms with Gasteiger partial charge in [0.2, 0.25) is 5.91 Å². The van der Waals surface area contributed by atoms with E-state index in [-0.39, 0.29) is 23.4 Å². The Bertz CT molecular complexity index is 2090. The monoisotopic (exact) mass is 663 g/mol. The molecule has 0 aliphatic carbocycles. The second kappa shape index (κ2) is 12.9. The van der Waals surface area contributed by atoms with Gasteiger partial charge in [0.15, 0.2) is 0 Å². The molecule has 0 spiro atoms. The molecule has 3 aliphatic heterocycles. The Hall–Kier alpha value is -4.38. The first-order chi connectivity index (χ1) is 23.4. The summed E-state index contributed by atoms with van der Waals surface area (Å²) < 4.78 is 24.1. The zero-order valence-corrected chi connectivity index (χ0v) is 27.7. The second-order valence-electron chi connectivity index (χ2n) is 13.3. The molecule has 8 nitrogen and oxygen atoms in total. The SMILES string of the molecule is CN1CCC(n2cc(-c3nc(-c4ccc5c(c4)CCNC5)c4ccsc4c3-c3ccc(F)cc3OCC3CCNC(=O)C3)ccc2=O)C1. The Kier molecular flexibility index (Phi) is 8.32. The molecule has 246 valence electrons. The van der Waals surface area contributed by atoms with E-state index in [9.17, 15) is 14.0 Å². The lowest BCUT2D eigenvalue weighted by Crippen LogP contribution is -2.35. The quantitative estimate of drug-likeness (QED) is 0.221. The normalized spacial score (nSPS) is 19.8. The number of thiophene rings is 1. The molecule has 2 N–H and O–H groups in total. The summed E-state index contributed by atoms with van der Waals surface area (Å²) in [6, 6.07) is 16.9. The highest BCUT2D eigenvalue weighted by Crippen LogP contribution is 2.46. The Morgan fingerprint density at radius 1 is 1.00 bits per heavy atom.